The molecule has 0 aliphatic heterocycles. The van der Waals surface area contributed by atoms with Crippen molar-refractivity contribution in [2.45, 2.75) is 52.1 Å². The number of carbonyl (C=O) groups excluding carboxylic acids is 1. The van der Waals surface area contributed by atoms with Crippen LogP contribution < -0.4 is 0 Å². The molecule has 2 unspecified atom stereocenters. The second kappa shape index (κ2) is 12.0. The Kier molecular flexibility index (Phi) is 10.9. The van der Waals surface area contributed by atoms with Crippen LogP contribution in [0.15, 0.2) is 42.5 Å². The second-order valence-electron chi connectivity index (χ2n) is 6.52. The maximum atomic E-state index is 11.4. The number of aliphatic hydroxyl groups is 1. The molecule has 0 saturated carbocycles. The van der Waals surface area contributed by atoms with Gasteiger partial charge in [0.15, 0.2) is 0 Å². The average Bonchev–Trinajstić information content (AvgIpc) is 2.58. The third kappa shape index (κ3) is 7.77. The quantitative estimate of drug-likeness (QED) is 0.349. The van der Waals surface area contributed by atoms with Gasteiger partial charge in [0.2, 0.25) is 0 Å². The van der Waals surface area contributed by atoms with Crippen LogP contribution in [0.1, 0.15) is 57.6 Å². The standard InChI is InChI=1S/C21H28O3.Ac/c1-3-24-21(23)14-16(2)8-4-7-11-20(22)19-13-12-17-9-5-6-10-18(17)15-19;/h5-6,9-10,12-13,15-16,20,22H,3-4,7-8,11,14H2,1-2H3;. The number of esters is 1. The van der Waals surface area contributed by atoms with Gasteiger partial charge in [-0.2, -0.15) is 0 Å². The molecule has 0 amide bonds. The molecule has 0 heterocycles. The Hall–Kier alpha value is -0.428. The van der Waals surface area contributed by atoms with E-state index in [1.165, 1.54) is 5.39 Å². The van der Waals surface area contributed by atoms with Crippen molar-refractivity contribution in [1.29, 1.82) is 0 Å². The van der Waals surface area contributed by atoms with Gasteiger partial charge >= 0.3 is 5.97 Å². The molecule has 0 aliphatic carbocycles. The minimum atomic E-state index is -0.421. The van der Waals surface area contributed by atoms with Crippen molar-refractivity contribution in [1.82, 2.24) is 0 Å². The number of carbonyl (C=O) groups is 1. The van der Waals surface area contributed by atoms with Crippen LogP contribution >= 0.6 is 0 Å². The minimum absolute atomic E-state index is 0. The van der Waals surface area contributed by atoms with Gasteiger partial charge in [-0.25, -0.2) is 0 Å². The molecule has 0 aromatic heterocycles. The number of hydrogen-bond donors (Lipinski definition) is 1. The number of unbranched alkanes of at least 4 members (excludes halogenated alkanes) is 1. The van der Waals surface area contributed by atoms with E-state index in [9.17, 15) is 9.90 Å². The van der Waals surface area contributed by atoms with Gasteiger partial charge in [-0.1, -0.05) is 62.6 Å². The first-order valence-corrected chi connectivity index (χ1v) is 8.92. The summed E-state index contributed by atoms with van der Waals surface area (Å²) in [6.07, 6.45) is 3.79. The smallest absolute Gasteiger partial charge is 0.306 e. The zero-order valence-corrected chi connectivity index (χ0v) is 20.0. The molecule has 0 spiro atoms. The molecule has 2 aromatic rings. The van der Waals surface area contributed by atoms with E-state index >= 15 is 0 Å². The van der Waals surface area contributed by atoms with E-state index in [1.807, 2.05) is 25.1 Å². The second-order valence-corrected chi connectivity index (χ2v) is 6.52. The van der Waals surface area contributed by atoms with E-state index in [4.69, 9.17) is 4.74 Å². The number of rotatable bonds is 9. The van der Waals surface area contributed by atoms with Gasteiger partial charge in [0, 0.05) is 50.5 Å². The summed E-state index contributed by atoms with van der Waals surface area (Å²) in [6, 6.07) is 14.3. The van der Waals surface area contributed by atoms with Gasteiger partial charge in [0.1, 0.15) is 0 Å². The predicted molar refractivity (Wildman–Crippen MR) is 97.8 cm³/mol. The average molecular weight is 555 g/mol. The summed E-state index contributed by atoms with van der Waals surface area (Å²) in [4.78, 5) is 11.4. The summed E-state index contributed by atoms with van der Waals surface area (Å²) in [5, 5.41) is 12.7. The Balaban J connectivity index is 0.00000312. The maximum Gasteiger partial charge on any atom is 0.306 e. The van der Waals surface area contributed by atoms with Crippen molar-refractivity contribution in [3.8, 4) is 0 Å². The third-order valence-electron chi connectivity index (χ3n) is 4.40. The van der Waals surface area contributed by atoms with Crippen LogP contribution in [0.3, 0.4) is 0 Å². The van der Waals surface area contributed by atoms with Crippen molar-refractivity contribution in [3.05, 3.63) is 48.0 Å². The molecule has 2 atom stereocenters. The van der Waals surface area contributed by atoms with E-state index in [0.29, 0.717) is 18.9 Å². The van der Waals surface area contributed by atoms with Crippen molar-refractivity contribution in [2.75, 3.05) is 6.61 Å². The van der Waals surface area contributed by atoms with Gasteiger partial charge in [-0.3, -0.25) is 4.79 Å². The van der Waals surface area contributed by atoms with Crippen LogP contribution in [0.4, 0.5) is 0 Å². The summed E-state index contributed by atoms with van der Waals surface area (Å²) in [5.41, 5.74) is 0.980. The van der Waals surface area contributed by atoms with Crippen molar-refractivity contribution < 1.29 is 58.7 Å². The van der Waals surface area contributed by atoms with Crippen LogP contribution in [0, 0.1) is 50.0 Å². The number of benzene rings is 2. The first-order chi connectivity index (χ1) is 11.6. The molecular weight excluding hydrogens is 527 g/mol. The fourth-order valence-electron chi connectivity index (χ4n) is 3.02. The Morgan fingerprint density at radius 1 is 1.08 bits per heavy atom. The van der Waals surface area contributed by atoms with Crippen LogP contribution in [-0.2, 0) is 9.53 Å². The first-order valence-electron chi connectivity index (χ1n) is 8.92. The number of fused-ring (bicyclic) bond motifs is 1. The molecule has 0 aliphatic rings. The Morgan fingerprint density at radius 2 is 1.76 bits per heavy atom. The van der Waals surface area contributed by atoms with Gasteiger partial charge in [0.25, 0.3) is 0 Å². The SMILES string of the molecule is CCOC(=O)CC(C)CCCCC(O)c1ccc2ccccc2c1.[Ac]. The van der Waals surface area contributed by atoms with Crippen molar-refractivity contribution in [3.63, 3.8) is 0 Å². The minimum Gasteiger partial charge on any atom is -0.466 e. The summed E-state index contributed by atoms with van der Waals surface area (Å²) in [7, 11) is 0. The van der Waals surface area contributed by atoms with E-state index in [0.717, 1.165) is 36.6 Å². The molecule has 25 heavy (non-hydrogen) atoms. The monoisotopic (exact) mass is 555 g/mol. The third-order valence-corrected chi connectivity index (χ3v) is 4.40. The normalized spacial score (nSPS) is 13.1. The summed E-state index contributed by atoms with van der Waals surface area (Å²) in [6.45, 7) is 4.36. The molecule has 0 bridgehead atoms. The zero-order chi connectivity index (χ0) is 17.4. The van der Waals surface area contributed by atoms with Gasteiger partial charge in [-0.05, 0) is 41.7 Å². The fraction of sp³-hybridized carbons (Fsp3) is 0.476. The van der Waals surface area contributed by atoms with E-state index < -0.39 is 6.10 Å². The first kappa shape index (κ1) is 22.6. The van der Waals surface area contributed by atoms with Crippen molar-refractivity contribution >= 4 is 16.7 Å². The number of aliphatic hydroxyl groups excluding tert-OH is 1. The van der Waals surface area contributed by atoms with Gasteiger partial charge in [-0.15, -0.1) is 0 Å². The van der Waals surface area contributed by atoms with Crippen molar-refractivity contribution in [2.24, 2.45) is 5.92 Å². The molecule has 4 heteroatoms. The Morgan fingerprint density at radius 3 is 2.48 bits per heavy atom. The van der Waals surface area contributed by atoms with Crippen LogP contribution in [0.2, 0.25) is 0 Å². The Bertz CT molecular complexity index is 656. The molecule has 133 valence electrons. The molecule has 2 aromatic carbocycles. The largest absolute Gasteiger partial charge is 0.466 e. The van der Waals surface area contributed by atoms with E-state index in [1.54, 1.807) is 0 Å². The fourth-order valence-corrected chi connectivity index (χ4v) is 3.02. The molecule has 1 radical (unpaired) electrons. The molecule has 2 rings (SSSR count). The zero-order valence-electron chi connectivity index (χ0n) is 15.3. The summed E-state index contributed by atoms with van der Waals surface area (Å²) < 4.78 is 4.97. The number of hydrogen-bond acceptors (Lipinski definition) is 3. The summed E-state index contributed by atoms with van der Waals surface area (Å²) >= 11 is 0. The van der Waals surface area contributed by atoms with Crippen LogP contribution in [0.5, 0.6) is 0 Å². The molecule has 0 fully saturated rings. The molecule has 1 N–H and O–H groups in total. The molecular formula is C21H28AcO3. The van der Waals surface area contributed by atoms with E-state index in [-0.39, 0.29) is 50.0 Å². The molecule has 3 nitrogen and oxygen atoms in total. The topological polar surface area (TPSA) is 46.5 Å². The molecule has 0 saturated heterocycles. The predicted octanol–water partition coefficient (Wildman–Crippen LogP) is 5.02. The maximum absolute atomic E-state index is 11.4. The Labute approximate surface area is 186 Å². The van der Waals surface area contributed by atoms with Crippen LogP contribution in [-0.4, -0.2) is 17.7 Å². The number of ether oxygens (including phenoxy) is 1. The van der Waals surface area contributed by atoms with Crippen LogP contribution in [0.25, 0.3) is 10.8 Å². The van der Waals surface area contributed by atoms with Gasteiger partial charge in [0.05, 0.1) is 12.7 Å². The van der Waals surface area contributed by atoms with Gasteiger partial charge < -0.3 is 9.84 Å². The van der Waals surface area contributed by atoms with E-state index in [2.05, 4.69) is 31.2 Å². The summed E-state index contributed by atoms with van der Waals surface area (Å²) in [5.74, 6) is 0.225.